The Morgan fingerprint density at radius 1 is 1.18 bits per heavy atom. The number of nitro groups is 1. The van der Waals surface area contributed by atoms with E-state index in [0.717, 1.165) is 16.1 Å². The first-order valence-electron chi connectivity index (χ1n) is 8.53. The molecule has 0 fully saturated rings. The van der Waals surface area contributed by atoms with Crippen LogP contribution in [0.3, 0.4) is 0 Å². The summed E-state index contributed by atoms with van der Waals surface area (Å²) >= 11 is 3.40. The predicted molar refractivity (Wildman–Crippen MR) is 111 cm³/mol. The van der Waals surface area contributed by atoms with Crippen LogP contribution >= 0.6 is 15.9 Å². The van der Waals surface area contributed by atoms with Crippen molar-refractivity contribution in [2.75, 3.05) is 6.54 Å². The Hall–Kier alpha value is -3.00. The molecule has 1 amide bonds. The monoisotopic (exact) mass is 443 g/mol. The molecule has 0 bridgehead atoms. The van der Waals surface area contributed by atoms with Crippen LogP contribution in [-0.4, -0.2) is 22.4 Å². The Bertz CT molecular complexity index is 1120. The van der Waals surface area contributed by atoms with Crippen LogP contribution in [0.4, 0.5) is 5.69 Å². The van der Waals surface area contributed by atoms with Gasteiger partial charge in [-0.15, -0.1) is 0 Å². The van der Waals surface area contributed by atoms with Gasteiger partial charge in [-0.1, -0.05) is 41.9 Å². The van der Waals surface area contributed by atoms with Crippen molar-refractivity contribution in [3.8, 4) is 0 Å². The summed E-state index contributed by atoms with van der Waals surface area (Å²) in [6.45, 7) is 4.32. The highest BCUT2D eigenvalue weighted by Gasteiger charge is 2.23. The molecule has 1 heterocycles. The fourth-order valence-electron chi connectivity index (χ4n) is 2.94. The molecular formula is C20H18BrN3O4. The van der Waals surface area contributed by atoms with Crippen LogP contribution in [0.15, 0.2) is 57.8 Å². The Morgan fingerprint density at radius 2 is 1.86 bits per heavy atom. The summed E-state index contributed by atoms with van der Waals surface area (Å²) < 4.78 is 0.965. The van der Waals surface area contributed by atoms with E-state index >= 15 is 0 Å². The second-order valence-electron chi connectivity index (χ2n) is 7.11. The zero-order valence-corrected chi connectivity index (χ0v) is 16.9. The maximum Gasteiger partial charge on any atom is 0.270 e. The number of hydrogen-bond donors (Lipinski definition) is 2. The van der Waals surface area contributed by atoms with E-state index < -0.39 is 16.4 Å². The van der Waals surface area contributed by atoms with Gasteiger partial charge in [0, 0.05) is 45.5 Å². The number of carbonyl (C=O) groups excluding carboxylic acids is 1. The largest absolute Gasteiger partial charge is 0.351 e. The zero-order chi connectivity index (χ0) is 20.5. The predicted octanol–water partition coefficient (Wildman–Crippen LogP) is 3.91. The third-order valence-electron chi connectivity index (χ3n) is 4.60. The van der Waals surface area contributed by atoms with Gasteiger partial charge in [-0.25, -0.2) is 0 Å². The summed E-state index contributed by atoms with van der Waals surface area (Å²) in [5.74, 6) is -0.457. The van der Waals surface area contributed by atoms with E-state index in [-0.39, 0.29) is 16.7 Å². The number of aromatic nitrogens is 1. The quantitative estimate of drug-likeness (QED) is 0.460. The van der Waals surface area contributed by atoms with E-state index in [1.54, 1.807) is 0 Å². The standard InChI is InChI=1S/C20H18BrN3O4/c1-20(2,12-3-5-13(21)6-4-12)11-22-19(26)16-10-18(25)23-17-8-7-14(24(27)28)9-15(16)17/h3-10H,11H2,1-2H3,(H,22,26)(H,23,25). The van der Waals surface area contributed by atoms with E-state index in [1.807, 2.05) is 38.1 Å². The minimum absolute atomic E-state index is 0.106. The Balaban J connectivity index is 1.90. The van der Waals surface area contributed by atoms with Crippen LogP contribution in [0.1, 0.15) is 29.8 Å². The highest BCUT2D eigenvalue weighted by atomic mass is 79.9. The van der Waals surface area contributed by atoms with E-state index in [0.29, 0.717) is 17.4 Å². The van der Waals surface area contributed by atoms with Gasteiger partial charge in [0.05, 0.1) is 10.5 Å². The number of nitro benzene ring substituents is 1. The number of nitrogens with zero attached hydrogens (tertiary/aromatic N) is 1. The fraction of sp³-hybridized carbons (Fsp3) is 0.200. The fourth-order valence-corrected chi connectivity index (χ4v) is 3.21. The highest BCUT2D eigenvalue weighted by Crippen LogP contribution is 2.25. The van der Waals surface area contributed by atoms with Gasteiger partial charge in [-0.2, -0.15) is 0 Å². The van der Waals surface area contributed by atoms with Crippen LogP contribution in [0.25, 0.3) is 10.9 Å². The van der Waals surface area contributed by atoms with Gasteiger partial charge in [0.25, 0.3) is 11.6 Å². The number of nitrogens with one attached hydrogen (secondary N) is 2. The van der Waals surface area contributed by atoms with Crippen molar-refractivity contribution in [2.45, 2.75) is 19.3 Å². The number of aromatic amines is 1. The minimum Gasteiger partial charge on any atom is -0.351 e. The van der Waals surface area contributed by atoms with Crippen molar-refractivity contribution in [1.82, 2.24) is 10.3 Å². The molecule has 0 aliphatic heterocycles. The molecule has 2 N–H and O–H groups in total. The molecule has 0 atom stereocenters. The number of amides is 1. The molecule has 0 unspecified atom stereocenters. The van der Waals surface area contributed by atoms with Crippen molar-refractivity contribution in [1.29, 1.82) is 0 Å². The Kier molecular flexibility index (Phi) is 5.33. The summed E-state index contributed by atoms with van der Waals surface area (Å²) in [6, 6.07) is 13.0. The van der Waals surface area contributed by atoms with E-state index in [9.17, 15) is 19.7 Å². The average molecular weight is 444 g/mol. The molecule has 3 rings (SSSR count). The molecule has 3 aromatic rings. The number of pyridine rings is 1. The third kappa shape index (κ3) is 4.12. The first-order valence-corrected chi connectivity index (χ1v) is 9.32. The van der Waals surface area contributed by atoms with Crippen LogP contribution in [0, 0.1) is 10.1 Å². The van der Waals surface area contributed by atoms with Crippen LogP contribution in [0.2, 0.25) is 0 Å². The molecular weight excluding hydrogens is 426 g/mol. The lowest BCUT2D eigenvalue weighted by molar-refractivity contribution is -0.384. The van der Waals surface area contributed by atoms with Crippen molar-refractivity contribution < 1.29 is 9.72 Å². The van der Waals surface area contributed by atoms with E-state index in [4.69, 9.17) is 0 Å². The number of carbonyl (C=O) groups is 1. The zero-order valence-electron chi connectivity index (χ0n) is 15.3. The summed E-state index contributed by atoms with van der Waals surface area (Å²) in [4.78, 5) is 37.8. The lowest BCUT2D eigenvalue weighted by atomic mass is 9.84. The maximum atomic E-state index is 12.8. The minimum atomic E-state index is -0.539. The highest BCUT2D eigenvalue weighted by molar-refractivity contribution is 9.10. The molecule has 0 saturated heterocycles. The molecule has 28 heavy (non-hydrogen) atoms. The van der Waals surface area contributed by atoms with Crippen LogP contribution < -0.4 is 10.9 Å². The number of non-ortho nitro benzene ring substituents is 1. The van der Waals surface area contributed by atoms with Gasteiger partial charge >= 0.3 is 0 Å². The second kappa shape index (κ2) is 7.55. The van der Waals surface area contributed by atoms with Crippen LogP contribution in [0.5, 0.6) is 0 Å². The third-order valence-corrected chi connectivity index (χ3v) is 5.13. The number of benzene rings is 2. The maximum absolute atomic E-state index is 12.8. The Morgan fingerprint density at radius 3 is 2.50 bits per heavy atom. The number of fused-ring (bicyclic) bond motifs is 1. The number of rotatable bonds is 5. The summed E-state index contributed by atoms with van der Waals surface area (Å²) in [6.07, 6.45) is 0. The van der Waals surface area contributed by atoms with E-state index in [1.165, 1.54) is 18.2 Å². The van der Waals surface area contributed by atoms with Gasteiger partial charge in [0.15, 0.2) is 0 Å². The molecule has 0 radical (unpaired) electrons. The first-order chi connectivity index (χ1) is 13.2. The lowest BCUT2D eigenvalue weighted by Gasteiger charge is -2.26. The number of H-pyrrole nitrogens is 1. The second-order valence-corrected chi connectivity index (χ2v) is 8.02. The smallest absolute Gasteiger partial charge is 0.270 e. The van der Waals surface area contributed by atoms with Gasteiger partial charge in [-0.05, 0) is 23.8 Å². The van der Waals surface area contributed by atoms with Gasteiger partial charge in [0.1, 0.15) is 0 Å². The molecule has 8 heteroatoms. The SMILES string of the molecule is CC(C)(CNC(=O)c1cc(=O)[nH]c2ccc([N+](=O)[O-])cc12)c1ccc(Br)cc1. The molecule has 144 valence electrons. The normalized spacial score (nSPS) is 11.4. The average Bonchev–Trinajstić information content (AvgIpc) is 2.65. The summed E-state index contributed by atoms with van der Waals surface area (Å²) in [5, 5.41) is 14.2. The topological polar surface area (TPSA) is 105 Å². The lowest BCUT2D eigenvalue weighted by Crippen LogP contribution is -2.37. The molecule has 2 aromatic carbocycles. The Labute approximate surface area is 169 Å². The van der Waals surface area contributed by atoms with E-state index in [2.05, 4.69) is 26.2 Å². The van der Waals surface area contributed by atoms with Crippen molar-refractivity contribution in [3.05, 3.63) is 84.6 Å². The molecule has 0 aliphatic carbocycles. The summed E-state index contributed by atoms with van der Waals surface area (Å²) in [7, 11) is 0. The van der Waals surface area contributed by atoms with Crippen molar-refractivity contribution in [2.24, 2.45) is 0 Å². The van der Waals surface area contributed by atoms with Crippen molar-refractivity contribution >= 4 is 38.4 Å². The van der Waals surface area contributed by atoms with Gasteiger partial charge < -0.3 is 10.3 Å². The number of halogens is 1. The van der Waals surface area contributed by atoms with Crippen molar-refractivity contribution in [3.63, 3.8) is 0 Å². The molecule has 0 spiro atoms. The van der Waals surface area contributed by atoms with Gasteiger partial charge in [0.2, 0.25) is 5.56 Å². The molecule has 0 aliphatic rings. The summed E-state index contributed by atoms with van der Waals surface area (Å²) in [5.41, 5.74) is 0.577. The number of hydrogen-bond acceptors (Lipinski definition) is 4. The molecule has 0 saturated carbocycles. The van der Waals surface area contributed by atoms with Crippen LogP contribution in [-0.2, 0) is 5.41 Å². The molecule has 1 aromatic heterocycles. The first kappa shape index (κ1) is 19.8. The van der Waals surface area contributed by atoms with Gasteiger partial charge in [-0.3, -0.25) is 19.7 Å². The molecule has 7 nitrogen and oxygen atoms in total.